The van der Waals surface area contributed by atoms with Crippen molar-refractivity contribution in [2.24, 2.45) is 0 Å². The number of aliphatic hydroxyl groups is 2. The Morgan fingerprint density at radius 3 is 1.08 bits per heavy atom. The molecule has 0 aliphatic carbocycles. The molecule has 0 aliphatic heterocycles. The number of allylic oxidation sites excluding steroid dienone is 4. The van der Waals surface area contributed by atoms with Crippen LogP contribution in [0.3, 0.4) is 0 Å². The number of nitrogens with one attached hydrogen (secondary N) is 1. The average molecular weight is 1010 g/mol. The van der Waals surface area contributed by atoms with Crippen LogP contribution in [0.5, 0.6) is 0 Å². The second kappa shape index (κ2) is 61.9. The monoisotopic (exact) mass is 1010 g/mol. The lowest BCUT2D eigenvalue weighted by Crippen LogP contribution is -2.45. The van der Waals surface area contributed by atoms with E-state index in [1.165, 1.54) is 276 Å². The molecule has 0 heterocycles. The first-order chi connectivity index (χ1) is 35.5. The normalized spacial score (nSPS) is 12.7. The number of hydrogen-bond donors (Lipinski definition) is 3. The molecule has 2 unspecified atom stereocenters. The summed E-state index contributed by atoms with van der Waals surface area (Å²) in [5, 5.41) is 23.2. The molecule has 72 heavy (non-hydrogen) atoms. The molecule has 0 rings (SSSR count). The Kier molecular flexibility index (Phi) is 60.5. The molecule has 0 radical (unpaired) electrons. The number of carbonyl (C=O) groups is 2. The summed E-state index contributed by atoms with van der Waals surface area (Å²) in [5.74, 6) is -0.0258. The first-order valence-corrected chi connectivity index (χ1v) is 32.6. The third-order valence-electron chi connectivity index (χ3n) is 15.3. The van der Waals surface area contributed by atoms with Crippen LogP contribution in [-0.2, 0) is 14.3 Å². The van der Waals surface area contributed by atoms with Crippen molar-refractivity contribution in [3.05, 3.63) is 24.3 Å². The molecule has 0 aromatic heterocycles. The first kappa shape index (κ1) is 70.3. The van der Waals surface area contributed by atoms with E-state index in [-0.39, 0.29) is 18.5 Å². The Hall–Kier alpha value is -1.66. The summed E-state index contributed by atoms with van der Waals surface area (Å²) in [7, 11) is 0. The van der Waals surface area contributed by atoms with Gasteiger partial charge in [0.2, 0.25) is 5.91 Å². The molecule has 0 fully saturated rings. The Balaban J connectivity index is 3.33. The van der Waals surface area contributed by atoms with Crippen molar-refractivity contribution in [1.29, 1.82) is 0 Å². The molecular formula is C66H127NO5. The van der Waals surface area contributed by atoms with Gasteiger partial charge in [0.25, 0.3) is 0 Å². The third kappa shape index (κ3) is 57.6. The zero-order valence-corrected chi connectivity index (χ0v) is 48.7. The Morgan fingerprint density at radius 2 is 0.694 bits per heavy atom. The highest BCUT2D eigenvalue weighted by Gasteiger charge is 2.20. The largest absolute Gasteiger partial charge is 0.466 e. The molecule has 1 amide bonds. The van der Waals surface area contributed by atoms with Gasteiger partial charge < -0.3 is 20.3 Å². The van der Waals surface area contributed by atoms with E-state index in [2.05, 4.69) is 43.5 Å². The fourth-order valence-electron chi connectivity index (χ4n) is 10.3. The number of aliphatic hydroxyl groups excluding tert-OH is 2. The van der Waals surface area contributed by atoms with Gasteiger partial charge in [-0.2, -0.15) is 0 Å². The molecular weight excluding hydrogens is 887 g/mol. The summed E-state index contributed by atoms with van der Waals surface area (Å²) in [5.41, 5.74) is 0. The van der Waals surface area contributed by atoms with Gasteiger partial charge in [-0.15, -0.1) is 0 Å². The van der Waals surface area contributed by atoms with Crippen LogP contribution in [0.1, 0.15) is 361 Å². The number of carbonyl (C=O) groups excluding carboxylic acids is 2. The minimum absolute atomic E-state index is 0.00509. The summed E-state index contributed by atoms with van der Waals surface area (Å²) < 4.78 is 5.48. The lowest BCUT2D eigenvalue weighted by molar-refractivity contribution is -0.143. The minimum Gasteiger partial charge on any atom is -0.466 e. The predicted octanol–water partition coefficient (Wildman–Crippen LogP) is 20.6. The van der Waals surface area contributed by atoms with Crippen molar-refractivity contribution in [3.8, 4) is 0 Å². The average Bonchev–Trinajstić information content (AvgIpc) is 3.38. The molecule has 0 bridgehead atoms. The second-order valence-electron chi connectivity index (χ2n) is 22.5. The van der Waals surface area contributed by atoms with E-state index >= 15 is 0 Å². The minimum atomic E-state index is -0.660. The highest BCUT2D eigenvalue weighted by atomic mass is 16.5. The van der Waals surface area contributed by atoms with Gasteiger partial charge in [0.15, 0.2) is 0 Å². The third-order valence-corrected chi connectivity index (χ3v) is 15.3. The highest BCUT2D eigenvalue weighted by molar-refractivity contribution is 5.76. The van der Waals surface area contributed by atoms with Crippen LogP contribution in [0, 0.1) is 0 Å². The van der Waals surface area contributed by atoms with Gasteiger partial charge in [-0.3, -0.25) is 9.59 Å². The Bertz CT molecular complexity index is 1120. The maximum atomic E-state index is 12.5. The van der Waals surface area contributed by atoms with Gasteiger partial charge in [0.05, 0.1) is 25.4 Å². The van der Waals surface area contributed by atoms with Gasteiger partial charge in [-0.05, 0) is 57.8 Å². The quantitative estimate of drug-likeness (QED) is 0.0320. The lowest BCUT2D eigenvalue weighted by atomic mass is 10.0. The number of hydrogen-bond acceptors (Lipinski definition) is 5. The molecule has 0 saturated heterocycles. The molecule has 3 N–H and O–H groups in total. The van der Waals surface area contributed by atoms with E-state index in [1.807, 2.05) is 0 Å². The van der Waals surface area contributed by atoms with Crippen LogP contribution in [0.15, 0.2) is 24.3 Å². The fraction of sp³-hybridized carbons (Fsp3) is 0.909. The van der Waals surface area contributed by atoms with Crippen molar-refractivity contribution in [2.45, 2.75) is 373 Å². The van der Waals surface area contributed by atoms with Crippen molar-refractivity contribution >= 4 is 11.9 Å². The van der Waals surface area contributed by atoms with E-state index in [1.54, 1.807) is 0 Å². The van der Waals surface area contributed by atoms with Gasteiger partial charge in [-0.25, -0.2) is 0 Å². The summed E-state index contributed by atoms with van der Waals surface area (Å²) in [6.07, 6.45) is 76.4. The van der Waals surface area contributed by atoms with Gasteiger partial charge in [0, 0.05) is 12.8 Å². The molecule has 0 aromatic rings. The Labute approximate surface area is 450 Å². The molecule has 0 saturated carbocycles. The van der Waals surface area contributed by atoms with Crippen molar-refractivity contribution in [1.82, 2.24) is 5.32 Å². The SMILES string of the molecule is CCCCC/C=C\C/C=C\CCCCCCCC(=O)OCCCCCCCCCCCCCCCCCCCCCCCCCCCCCCC(=O)NC(CO)C(O)CCCCCCCCCCCCCC. The van der Waals surface area contributed by atoms with Crippen LogP contribution in [0.4, 0.5) is 0 Å². The second-order valence-corrected chi connectivity index (χ2v) is 22.5. The number of unbranched alkanes of at least 4 members (excludes halogenated alkanes) is 46. The van der Waals surface area contributed by atoms with E-state index in [4.69, 9.17) is 4.74 Å². The smallest absolute Gasteiger partial charge is 0.305 e. The topological polar surface area (TPSA) is 95.9 Å². The maximum Gasteiger partial charge on any atom is 0.305 e. The molecule has 6 nitrogen and oxygen atoms in total. The number of rotatable bonds is 61. The van der Waals surface area contributed by atoms with Crippen LogP contribution in [-0.4, -0.2) is 47.4 Å². The number of esters is 1. The van der Waals surface area contributed by atoms with Crippen LogP contribution in [0.2, 0.25) is 0 Å². The van der Waals surface area contributed by atoms with E-state index in [9.17, 15) is 19.8 Å². The summed E-state index contributed by atoms with van der Waals surface area (Å²) in [6, 6.07) is -0.537. The lowest BCUT2D eigenvalue weighted by Gasteiger charge is -2.22. The van der Waals surface area contributed by atoms with Gasteiger partial charge >= 0.3 is 5.97 Å². The van der Waals surface area contributed by atoms with E-state index in [0.717, 1.165) is 51.4 Å². The Morgan fingerprint density at radius 1 is 0.389 bits per heavy atom. The van der Waals surface area contributed by atoms with E-state index < -0.39 is 12.1 Å². The molecule has 6 heteroatoms. The highest BCUT2D eigenvalue weighted by Crippen LogP contribution is 2.18. The maximum absolute atomic E-state index is 12.5. The van der Waals surface area contributed by atoms with Gasteiger partial charge in [0.1, 0.15) is 0 Å². The first-order valence-electron chi connectivity index (χ1n) is 32.6. The van der Waals surface area contributed by atoms with Gasteiger partial charge in [-0.1, -0.05) is 314 Å². The fourth-order valence-corrected chi connectivity index (χ4v) is 10.3. The van der Waals surface area contributed by atoms with Crippen molar-refractivity contribution in [3.63, 3.8) is 0 Å². The predicted molar refractivity (Wildman–Crippen MR) is 315 cm³/mol. The zero-order valence-electron chi connectivity index (χ0n) is 48.7. The standard InChI is InChI=1S/C66H127NO5/c1-3-5-7-9-11-13-15-17-32-36-40-44-48-52-56-60-66(71)72-61-57-53-49-45-41-37-34-31-29-27-25-23-21-19-18-20-22-24-26-28-30-33-35-39-43-47-51-55-59-65(70)67-63(62-68)64(69)58-54-50-46-42-38-16-14-12-10-8-6-4-2/h11,13,17,32,63-64,68-69H,3-10,12,14-16,18-31,33-62H2,1-2H3,(H,67,70)/b13-11-,32-17-. The molecule has 2 atom stereocenters. The molecule has 0 aliphatic rings. The molecule has 0 aromatic carbocycles. The number of amides is 1. The van der Waals surface area contributed by atoms with Crippen LogP contribution < -0.4 is 5.32 Å². The molecule has 426 valence electrons. The van der Waals surface area contributed by atoms with Crippen LogP contribution >= 0.6 is 0 Å². The van der Waals surface area contributed by atoms with E-state index in [0.29, 0.717) is 25.9 Å². The number of ether oxygens (including phenoxy) is 1. The van der Waals surface area contributed by atoms with Crippen molar-refractivity contribution in [2.75, 3.05) is 13.2 Å². The van der Waals surface area contributed by atoms with Crippen LogP contribution in [0.25, 0.3) is 0 Å². The summed E-state index contributed by atoms with van der Waals surface area (Å²) in [6.45, 7) is 4.94. The zero-order chi connectivity index (χ0) is 52.2. The summed E-state index contributed by atoms with van der Waals surface area (Å²) in [4.78, 5) is 24.5. The summed E-state index contributed by atoms with van der Waals surface area (Å²) >= 11 is 0. The van der Waals surface area contributed by atoms with Crippen molar-refractivity contribution < 1.29 is 24.5 Å². The molecule has 0 spiro atoms.